The fraction of sp³-hybridized carbons (Fsp3) is 0.667. The second-order valence-electron chi connectivity index (χ2n) is 2.04. The molecule has 0 aliphatic heterocycles. The molecule has 0 radical (unpaired) electrons. The number of hydrogen-bond donors (Lipinski definition) is 3. The van der Waals surface area contributed by atoms with Crippen molar-refractivity contribution < 1.29 is 29.6 Å². The summed E-state index contributed by atoms with van der Waals surface area (Å²) >= 11 is 0. The second-order valence-corrected chi connectivity index (χ2v) is 2.04. The summed E-state index contributed by atoms with van der Waals surface area (Å²) in [6, 6.07) is 0. The first-order valence-electron chi connectivity index (χ1n) is 3.25. The molecule has 0 aliphatic carbocycles. The maximum Gasteiger partial charge on any atom is 0.332 e. The average Bonchev–Trinajstić information content (AvgIpc) is 1.96. The highest BCUT2D eigenvalue weighted by molar-refractivity contribution is 5.73. The summed E-state index contributed by atoms with van der Waals surface area (Å²) in [7, 11) is 0. The zero-order chi connectivity index (χ0) is 9.56. The number of hydrogen-bond acceptors (Lipinski definition) is 4. The molecule has 0 aromatic heterocycles. The fourth-order valence-electron chi connectivity index (χ4n) is 0.567. The molecule has 70 valence electrons. The molecule has 1 unspecified atom stereocenters. The Kier molecular flexibility index (Phi) is 4.98. The van der Waals surface area contributed by atoms with Gasteiger partial charge in [0.1, 0.15) is 6.61 Å². The number of aliphatic hydroxyl groups is 1. The van der Waals surface area contributed by atoms with E-state index < -0.39 is 24.6 Å². The van der Waals surface area contributed by atoms with E-state index in [-0.39, 0.29) is 13.0 Å². The number of carboxylic acids is 2. The molecule has 3 N–H and O–H groups in total. The summed E-state index contributed by atoms with van der Waals surface area (Å²) in [6.45, 7) is -1.02. The summed E-state index contributed by atoms with van der Waals surface area (Å²) in [5, 5.41) is 24.9. The van der Waals surface area contributed by atoms with Crippen LogP contribution < -0.4 is 0 Å². The fourth-order valence-corrected chi connectivity index (χ4v) is 0.567. The topological polar surface area (TPSA) is 104 Å². The molecule has 0 aromatic carbocycles. The standard InChI is InChI=1S/C6H10O6/c7-2-1-4(6(10)11)12-3-5(8)9/h4,7H,1-3H2,(H,8,9)(H,10,11). The molecule has 0 saturated carbocycles. The first kappa shape index (κ1) is 10.9. The highest BCUT2D eigenvalue weighted by atomic mass is 16.5. The molecule has 0 spiro atoms. The van der Waals surface area contributed by atoms with Crippen molar-refractivity contribution in [3.63, 3.8) is 0 Å². The zero-order valence-electron chi connectivity index (χ0n) is 6.27. The minimum Gasteiger partial charge on any atom is -0.480 e. The monoisotopic (exact) mass is 178 g/mol. The molecule has 0 amide bonds. The SMILES string of the molecule is O=C(O)COC(CCO)C(=O)O. The third kappa shape index (κ3) is 4.64. The van der Waals surface area contributed by atoms with Gasteiger partial charge in [-0.15, -0.1) is 0 Å². The molecule has 0 bridgehead atoms. The van der Waals surface area contributed by atoms with Crippen LogP contribution in [-0.2, 0) is 14.3 Å². The number of carboxylic acid groups (broad SMARTS) is 2. The molecule has 6 nitrogen and oxygen atoms in total. The van der Waals surface area contributed by atoms with Crippen LogP contribution in [0.3, 0.4) is 0 Å². The molecule has 0 heterocycles. The average molecular weight is 178 g/mol. The Balaban J connectivity index is 3.79. The van der Waals surface area contributed by atoms with E-state index in [0.717, 1.165) is 0 Å². The van der Waals surface area contributed by atoms with Gasteiger partial charge in [-0.05, 0) is 0 Å². The number of aliphatic carboxylic acids is 2. The summed E-state index contributed by atoms with van der Waals surface area (Å²) in [4.78, 5) is 20.2. The third-order valence-corrected chi connectivity index (χ3v) is 1.07. The van der Waals surface area contributed by atoms with Gasteiger partial charge in [-0.3, -0.25) is 0 Å². The maximum absolute atomic E-state index is 10.3. The predicted octanol–water partition coefficient (Wildman–Crippen LogP) is -1.08. The number of aliphatic hydroxyl groups excluding tert-OH is 1. The lowest BCUT2D eigenvalue weighted by atomic mass is 10.3. The first-order valence-corrected chi connectivity index (χ1v) is 3.25. The molecule has 0 aromatic rings. The maximum atomic E-state index is 10.3. The Morgan fingerprint density at radius 1 is 1.33 bits per heavy atom. The number of carbonyl (C=O) groups is 2. The summed E-state index contributed by atoms with van der Waals surface area (Å²) < 4.78 is 4.45. The quantitative estimate of drug-likeness (QED) is 0.478. The minimum atomic E-state index is -1.27. The number of rotatable bonds is 6. The zero-order valence-corrected chi connectivity index (χ0v) is 6.27. The van der Waals surface area contributed by atoms with Crippen LogP contribution in [0.1, 0.15) is 6.42 Å². The van der Waals surface area contributed by atoms with Crippen LogP contribution in [0.25, 0.3) is 0 Å². The van der Waals surface area contributed by atoms with Gasteiger partial charge in [0.05, 0.1) is 0 Å². The van der Waals surface area contributed by atoms with Gasteiger partial charge in [0.15, 0.2) is 6.10 Å². The summed E-state index contributed by atoms with van der Waals surface area (Å²) in [6.07, 6.45) is -1.35. The van der Waals surface area contributed by atoms with E-state index in [0.29, 0.717) is 0 Å². The van der Waals surface area contributed by atoms with Crippen molar-refractivity contribution in [2.75, 3.05) is 13.2 Å². The molecule has 0 rings (SSSR count). The van der Waals surface area contributed by atoms with Gasteiger partial charge < -0.3 is 20.1 Å². The van der Waals surface area contributed by atoms with Crippen LogP contribution in [-0.4, -0.2) is 46.6 Å². The first-order chi connectivity index (χ1) is 5.57. The Bertz CT molecular complexity index is 165. The molecule has 0 saturated heterocycles. The minimum absolute atomic E-state index is 0.109. The largest absolute Gasteiger partial charge is 0.480 e. The van der Waals surface area contributed by atoms with Crippen LogP contribution in [0.2, 0.25) is 0 Å². The van der Waals surface area contributed by atoms with Crippen molar-refractivity contribution in [1.29, 1.82) is 0 Å². The Morgan fingerprint density at radius 2 is 1.92 bits per heavy atom. The Morgan fingerprint density at radius 3 is 2.25 bits per heavy atom. The van der Waals surface area contributed by atoms with Crippen LogP contribution in [0.15, 0.2) is 0 Å². The summed E-state index contributed by atoms with van der Waals surface area (Å²) in [5.74, 6) is -2.51. The molecule has 1 atom stereocenters. The van der Waals surface area contributed by atoms with Gasteiger partial charge >= 0.3 is 11.9 Å². The smallest absolute Gasteiger partial charge is 0.332 e. The van der Waals surface area contributed by atoms with Crippen LogP contribution in [0.5, 0.6) is 0 Å². The van der Waals surface area contributed by atoms with E-state index >= 15 is 0 Å². The van der Waals surface area contributed by atoms with Gasteiger partial charge in [-0.25, -0.2) is 9.59 Å². The predicted molar refractivity (Wildman–Crippen MR) is 36.7 cm³/mol. The lowest BCUT2D eigenvalue weighted by Gasteiger charge is -2.09. The highest BCUT2D eigenvalue weighted by Gasteiger charge is 2.18. The van der Waals surface area contributed by atoms with Gasteiger partial charge in [-0.2, -0.15) is 0 Å². The Hall–Kier alpha value is -1.14. The van der Waals surface area contributed by atoms with Gasteiger partial charge in [0.2, 0.25) is 0 Å². The van der Waals surface area contributed by atoms with E-state index in [2.05, 4.69) is 4.74 Å². The van der Waals surface area contributed by atoms with E-state index in [1.807, 2.05) is 0 Å². The van der Waals surface area contributed by atoms with Crippen LogP contribution >= 0.6 is 0 Å². The van der Waals surface area contributed by atoms with E-state index in [9.17, 15) is 9.59 Å². The van der Waals surface area contributed by atoms with Crippen molar-refractivity contribution in [2.24, 2.45) is 0 Å². The van der Waals surface area contributed by atoms with Gasteiger partial charge in [-0.1, -0.05) is 0 Å². The number of ether oxygens (including phenoxy) is 1. The molecule has 0 fully saturated rings. The third-order valence-electron chi connectivity index (χ3n) is 1.07. The van der Waals surface area contributed by atoms with E-state index in [1.54, 1.807) is 0 Å². The molecule has 12 heavy (non-hydrogen) atoms. The van der Waals surface area contributed by atoms with Gasteiger partial charge in [0, 0.05) is 13.0 Å². The highest BCUT2D eigenvalue weighted by Crippen LogP contribution is 1.97. The molecule has 6 heteroatoms. The normalized spacial score (nSPS) is 12.4. The van der Waals surface area contributed by atoms with Crippen molar-refractivity contribution in [3.05, 3.63) is 0 Å². The lowest BCUT2D eigenvalue weighted by molar-refractivity contribution is -0.157. The lowest BCUT2D eigenvalue weighted by Crippen LogP contribution is -2.27. The van der Waals surface area contributed by atoms with Gasteiger partial charge in [0.25, 0.3) is 0 Å². The molecular weight excluding hydrogens is 168 g/mol. The van der Waals surface area contributed by atoms with E-state index in [4.69, 9.17) is 15.3 Å². The van der Waals surface area contributed by atoms with Crippen molar-refractivity contribution >= 4 is 11.9 Å². The van der Waals surface area contributed by atoms with E-state index in [1.165, 1.54) is 0 Å². The summed E-state index contributed by atoms with van der Waals surface area (Å²) in [5.41, 5.74) is 0. The second kappa shape index (κ2) is 5.50. The Labute approximate surface area is 68.4 Å². The van der Waals surface area contributed by atoms with Crippen molar-refractivity contribution in [3.8, 4) is 0 Å². The molecule has 0 aliphatic rings. The van der Waals surface area contributed by atoms with Crippen molar-refractivity contribution in [1.82, 2.24) is 0 Å². The van der Waals surface area contributed by atoms with Crippen molar-refractivity contribution in [2.45, 2.75) is 12.5 Å². The van der Waals surface area contributed by atoms with Crippen LogP contribution in [0, 0.1) is 0 Å². The van der Waals surface area contributed by atoms with Crippen LogP contribution in [0.4, 0.5) is 0 Å². The molecular formula is C6H10O6.